The Labute approximate surface area is 117 Å². The number of carboxylic acids is 1. The Bertz CT molecular complexity index is 495. The molecule has 3 N–H and O–H groups in total. The summed E-state index contributed by atoms with van der Waals surface area (Å²) in [5.74, 6) is -1.14. The topological polar surface area (TPSA) is 78.4 Å². The van der Waals surface area contributed by atoms with Crippen molar-refractivity contribution in [1.29, 1.82) is 0 Å². The number of hydrogen-bond acceptors (Lipinski definition) is 2. The molecule has 2 amide bonds. The Morgan fingerprint density at radius 1 is 1.32 bits per heavy atom. The summed E-state index contributed by atoms with van der Waals surface area (Å²) in [5.41, 5.74) is 0.120. The third kappa shape index (κ3) is 5.18. The first-order chi connectivity index (χ1) is 8.69. The monoisotopic (exact) mass is 284 g/mol. The van der Waals surface area contributed by atoms with Crippen molar-refractivity contribution in [1.82, 2.24) is 5.32 Å². The summed E-state index contributed by atoms with van der Waals surface area (Å²) in [6.07, 6.45) is 0. The highest BCUT2D eigenvalue weighted by molar-refractivity contribution is 6.31. The Hall–Kier alpha value is -1.75. The minimum Gasteiger partial charge on any atom is -0.478 e. The van der Waals surface area contributed by atoms with E-state index in [9.17, 15) is 9.59 Å². The van der Waals surface area contributed by atoms with Gasteiger partial charge in [0.15, 0.2) is 0 Å². The quantitative estimate of drug-likeness (QED) is 0.797. The second-order valence-electron chi connectivity index (χ2n) is 5.36. The molecule has 1 rings (SSSR count). The van der Waals surface area contributed by atoms with Crippen LogP contribution in [-0.2, 0) is 0 Å². The van der Waals surface area contributed by atoms with Gasteiger partial charge < -0.3 is 15.7 Å². The first-order valence-corrected chi connectivity index (χ1v) is 6.14. The van der Waals surface area contributed by atoms with E-state index in [0.717, 1.165) is 0 Å². The van der Waals surface area contributed by atoms with E-state index in [1.54, 1.807) is 0 Å². The molecule has 0 unspecified atom stereocenters. The van der Waals surface area contributed by atoms with Gasteiger partial charge in [-0.15, -0.1) is 0 Å². The summed E-state index contributed by atoms with van der Waals surface area (Å²) in [4.78, 5) is 22.7. The SMILES string of the molecule is CC(C)(C)CNC(=O)Nc1ccc(Cl)cc1C(=O)O. The first kappa shape index (κ1) is 15.3. The molecule has 0 spiro atoms. The lowest BCUT2D eigenvalue weighted by molar-refractivity contribution is 0.0698. The molecule has 0 saturated heterocycles. The van der Waals surface area contributed by atoms with Crippen LogP contribution >= 0.6 is 11.6 Å². The lowest BCUT2D eigenvalue weighted by Crippen LogP contribution is -2.35. The van der Waals surface area contributed by atoms with Gasteiger partial charge in [-0.3, -0.25) is 0 Å². The summed E-state index contributed by atoms with van der Waals surface area (Å²) < 4.78 is 0. The number of benzene rings is 1. The third-order valence-corrected chi connectivity index (χ3v) is 2.47. The number of carboxylic acid groups (broad SMARTS) is 1. The maximum Gasteiger partial charge on any atom is 0.337 e. The van der Waals surface area contributed by atoms with Gasteiger partial charge in [0.05, 0.1) is 11.3 Å². The van der Waals surface area contributed by atoms with Crippen LogP contribution in [0.2, 0.25) is 5.02 Å². The highest BCUT2D eigenvalue weighted by atomic mass is 35.5. The summed E-state index contributed by atoms with van der Waals surface area (Å²) in [6, 6.07) is 3.83. The van der Waals surface area contributed by atoms with E-state index in [2.05, 4.69) is 10.6 Å². The molecule has 0 aromatic heterocycles. The number of urea groups is 1. The van der Waals surface area contributed by atoms with Gasteiger partial charge in [0.25, 0.3) is 0 Å². The number of anilines is 1. The molecule has 0 atom stereocenters. The zero-order valence-corrected chi connectivity index (χ0v) is 11.8. The second kappa shape index (κ2) is 5.93. The van der Waals surface area contributed by atoms with Crippen molar-refractivity contribution in [3.05, 3.63) is 28.8 Å². The molecule has 1 aromatic carbocycles. The molecule has 1 aromatic rings. The molecule has 0 radical (unpaired) electrons. The van der Waals surface area contributed by atoms with E-state index >= 15 is 0 Å². The van der Waals surface area contributed by atoms with Crippen molar-refractivity contribution < 1.29 is 14.7 Å². The first-order valence-electron chi connectivity index (χ1n) is 5.77. The van der Waals surface area contributed by atoms with Crippen LogP contribution in [0.4, 0.5) is 10.5 Å². The van der Waals surface area contributed by atoms with Crippen LogP contribution in [0.25, 0.3) is 0 Å². The zero-order chi connectivity index (χ0) is 14.6. The van der Waals surface area contributed by atoms with Crippen LogP contribution in [0.1, 0.15) is 31.1 Å². The van der Waals surface area contributed by atoms with Crippen LogP contribution in [0.5, 0.6) is 0 Å². The predicted molar refractivity (Wildman–Crippen MR) is 74.9 cm³/mol. The highest BCUT2D eigenvalue weighted by Crippen LogP contribution is 2.20. The summed E-state index contributed by atoms with van der Waals surface area (Å²) in [7, 11) is 0. The Morgan fingerprint density at radius 3 is 2.47 bits per heavy atom. The van der Waals surface area contributed by atoms with Crippen LogP contribution in [0.3, 0.4) is 0 Å². The molecular formula is C13H17ClN2O3. The minimum absolute atomic E-state index is 0.0431. The summed E-state index contributed by atoms with van der Waals surface area (Å²) in [5, 5.41) is 14.5. The van der Waals surface area contributed by atoms with Gasteiger partial charge >= 0.3 is 12.0 Å². The molecule has 0 bridgehead atoms. The Morgan fingerprint density at radius 2 is 1.95 bits per heavy atom. The average Bonchev–Trinajstić information content (AvgIpc) is 2.28. The number of halogens is 1. The van der Waals surface area contributed by atoms with Crippen molar-refractivity contribution in [3.8, 4) is 0 Å². The fourth-order valence-corrected chi connectivity index (χ4v) is 1.49. The summed E-state index contributed by atoms with van der Waals surface area (Å²) >= 11 is 5.73. The maximum atomic E-state index is 11.7. The number of carbonyl (C=O) groups is 2. The fraction of sp³-hybridized carbons (Fsp3) is 0.385. The molecule has 19 heavy (non-hydrogen) atoms. The van der Waals surface area contributed by atoms with Crippen molar-refractivity contribution >= 4 is 29.3 Å². The number of amides is 2. The normalized spacial score (nSPS) is 10.9. The van der Waals surface area contributed by atoms with Crippen LogP contribution < -0.4 is 10.6 Å². The predicted octanol–water partition coefficient (Wildman–Crippen LogP) is 3.21. The van der Waals surface area contributed by atoms with Crippen molar-refractivity contribution in [2.24, 2.45) is 5.41 Å². The molecule has 104 valence electrons. The molecule has 0 aliphatic heterocycles. The minimum atomic E-state index is -1.14. The Kier molecular flexibility index (Phi) is 4.78. The number of aromatic carboxylic acids is 1. The molecule has 0 saturated carbocycles. The van der Waals surface area contributed by atoms with Gasteiger partial charge in [0.1, 0.15) is 0 Å². The molecule has 5 nitrogen and oxygen atoms in total. The second-order valence-corrected chi connectivity index (χ2v) is 5.80. The van der Waals surface area contributed by atoms with Gasteiger partial charge in [0.2, 0.25) is 0 Å². The van der Waals surface area contributed by atoms with E-state index in [4.69, 9.17) is 16.7 Å². The van der Waals surface area contributed by atoms with E-state index in [-0.39, 0.29) is 16.7 Å². The maximum absolute atomic E-state index is 11.7. The van der Waals surface area contributed by atoms with Gasteiger partial charge in [-0.25, -0.2) is 9.59 Å². The highest BCUT2D eigenvalue weighted by Gasteiger charge is 2.15. The Balaban J connectivity index is 2.77. The average molecular weight is 285 g/mol. The molecule has 0 heterocycles. The van der Waals surface area contributed by atoms with Gasteiger partial charge in [-0.05, 0) is 23.6 Å². The molecular weight excluding hydrogens is 268 g/mol. The van der Waals surface area contributed by atoms with Crippen molar-refractivity contribution in [2.45, 2.75) is 20.8 Å². The van der Waals surface area contributed by atoms with Gasteiger partial charge in [-0.2, -0.15) is 0 Å². The molecule has 0 fully saturated rings. The molecule has 0 aliphatic rings. The van der Waals surface area contributed by atoms with Crippen LogP contribution in [0, 0.1) is 5.41 Å². The van der Waals surface area contributed by atoms with E-state index < -0.39 is 12.0 Å². The number of carbonyl (C=O) groups excluding carboxylic acids is 1. The molecule has 0 aliphatic carbocycles. The number of nitrogens with one attached hydrogen (secondary N) is 2. The van der Waals surface area contributed by atoms with E-state index in [1.807, 2.05) is 20.8 Å². The lowest BCUT2D eigenvalue weighted by Gasteiger charge is -2.19. The van der Waals surface area contributed by atoms with Crippen molar-refractivity contribution in [2.75, 3.05) is 11.9 Å². The lowest BCUT2D eigenvalue weighted by atomic mass is 9.97. The third-order valence-electron chi connectivity index (χ3n) is 2.24. The van der Waals surface area contributed by atoms with Crippen molar-refractivity contribution in [3.63, 3.8) is 0 Å². The standard InChI is InChI=1S/C13H17ClN2O3/c1-13(2,3)7-15-12(19)16-10-5-4-8(14)6-9(10)11(17)18/h4-6H,7H2,1-3H3,(H,17,18)(H2,15,16,19). The smallest absolute Gasteiger partial charge is 0.337 e. The zero-order valence-electron chi connectivity index (χ0n) is 11.1. The van der Waals surface area contributed by atoms with Crippen LogP contribution in [0.15, 0.2) is 18.2 Å². The van der Waals surface area contributed by atoms with E-state index in [0.29, 0.717) is 11.6 Å². The van der Waals surface area contributed by atoms with Crippen LogP contribution in [-0.4, -0.2) is 23.7 Å². The molecule has 6 heteroatoms. The summed E-state index contributed by atoms with van der Waals surface area (Å²) in [6.45, 7) is 6.43. The van der Waals surface area contributed by atoms with Gasteiger partial charge in [0, 0.05) is 11.6 Å². The van der Waals surface area contributed by atoms with E-state index in [1.165, 1.54) is 18.2 Å². The fourth-order valence-electron chi connectivity index (χ4n) is 1.31. The number of hydrogen-bond donors (Lipinski definition) is 3. The van der Waals surface area contributed by atoms with Gasteiger partial charge in [-0.1, -0.05) is 32.4 Å². The largest absolute Gasteiger partial charge is 0.478 e. The number of rotatable bonds is 3.